The smallest absolute Gasteiger partial charge is 0.335 e. The van der Waals surface area contributed by atoms with Crippen LogP contribution in [0.15, 0.2) is 18.3 Å². The molecule has 1 heterocycles. The summed E-state index contributed by atoms with van der Waals surface area (Å²) in [7, 11) is 0. The fraction of sp³-hybridized carbons (Fsp3) is 0.250. The summed E-state index contributed by atoms with van der Waals surface area (Å²) in [6.07, 6.45) is 1.89. The second-order valence-corrected chi connectivity index (χ2v) is 4.19. The van der Waals surface area contributed by atoms with Crippen molar-refractivity contribution >= 4 is 22.6 Å². The maximum absolute atomic E-state index is 10.9. The molecule has 0 spiro atoms. The normalized spacial score (nSPS) is 11.2. The van der Waals surface area contributed by atoms with Crippen LogP contribution < -0.4 is 5.73 Å². The number of H-pyrrole nitrogens is 1. The van der Waals surface area contributed by atoms with Crippen LogP contribution in [0.3, 0.4) is 0 Å². The Morgan fingerprint density at radius 2 is 2.12 bits per heavy atom. The summed E-state index contributed by atoms with van der Waals surface area (Å²) < 4.78 is 0. The number of nitrogens with one attached hydrogen (secondary N) is 1. The molecule has 4 nitrogen and oxygen atoms in total. The number of hydrogen-bond acceptors (Lipinski definition) is 2. The molecule has 0 aliphatic heterocycles. The Bertz CT molecular complexity index is 555. The first-order valence-corrected chi connectivity index (χ1v) is 5.14. The molecule has 0 fully saturated rings. The van der Waals surface area contributed by atoms with E-state index in [9.17, 15) is 4.79 Å². The Labute approximate surface area is 93.1 Å². The van der Waals surface area contributed by atoms with Gasteiger partial charge in [-0.3, -0.25) is 0 Å². The lowest BCUT2D eigenvalue weighted by Gasteiger charge is -2.04. The van der Waals surface area contributed by atoms with E-state index in [1.54, 1.807) is 6.07 Å². The molecule has 0 aliphatic rings. The fourth-order valence-electron chi connectivity index (χ4n) is 1.88. The Kier molecular flexibility index (Phi) is 2.34. The Morgan fingerprint density at radius 1 is 1.44 bits per heavy atom. The number of nitrogen functional groups attached to an aromatic ring is 1. The molecule has 2 rings (SSSR count). The van der Waals surface area contributed by atoms with Crippen LogP contribution in [0.1, 0.15) is 35.7 Å². The number of aromatic nitrogens is 1. The lowest BCUT2D eigenvalue weighted by Crippen LogP contribution is -1.98. The van der Waals surface area contributed by atoms with Gasteiger partial charge in [-0.05, 0) is 23.6 Å². The van der Waals surface area contributed by atoms with E-state index in [-0.39, 0.29) is 5.56 Å². The summed E-state index contributed by atoms with van der Waals surface area (Å²) in [6.45, 7) is 4.12. The van der Waals surface area contributed by atoms with Crippen LogP contribution in [0.25, 0.3) is 10.9 Å². The van der Waals surface area contributed by atoms with E-state index in [0.29, 0.717) is 11.6 Å². The van der Waals surface area contributed by atoms with Crippen molar-refractivity contribution in [2.45, 2.75) is 19.8 Å². The molecular formula is C12H14N2O2. The highest BCUT2D eigenvalue weighted by Crippen LogP contribution is 2.29. The highest BCUT2D eigenvalue weighted by atomic mass is 16.4. The molecule has 2 aromatic rings. The molecular weight excluding hydrogens is 204 g/mol. The summed E-state index contributed by atoms with van der Waals surface area (Å²) in [4.78, 5) is 14.0. The molecule has 0 atom stereocenters. The van der Waals surface area contributed by atoms with Gasteiger partial charge in [-0.25, -0.2) is 4.79 Å². The first-order valence-electron chi connectivity index (χ1n) is 5.14. The van der Waals surface area contributed by atoms with E-state index in [2.05, 4.69) is 18.8 Å². The number of rotatable bonds is 2. The molecule has 0 bridgehead atoms. The van der Waals surface area contributed by atoms with Crippen molar-refractivity contribution < 1.29 is 9.90 Å². The van der Waals surface area contributed by atoms with Gasteiger partial charge in [0.25, 0.3) is 0 Å². The number of carboxylic acid groups (broad SMARTS) is 1. The standard InChI is InChI=1S/C12H14N2O2/c1-6(2)9-5-14-11-8(9)3-7(12(15)16)4-10(11)13/h3-6,14H,13H2,1-2H3,(H,15,16). The van der Waals surface area contributed by atoms with Crippen LogP contribution in [0, 0.1) is 0 Å². The fourth-order valence-corrected chi connectivity index (χ4v) is 1.88. The summed E-state index contributed by atoms with van der Waals surface area (Å²) >= 11 is 0. The number of anilines is 1. The molecule has 0 saturated heterocycles. The van der Waals surface area contributed by atoms with Gasteiger partial charge in [-0.2, -0.15) is 0 Å². The molecule has 4 N–H and O–H groups in total. The predicted molar refractivity (Wildman–Crippen MR) is 63.8 cm³/mol. The van der Waals surface area contributed by atoms with Gasteiger partial charge >= 0.3 is 5.97 Å². The van der Waals surface area contributed by atoms with Gasteiger partial charge in [0.2, 0.25) is 0 Å². The summed E-state index contributed by atoms with van der Waals surface area (Å²) in [5.41, 5.74) is 8.42. The minimum Gasteiger partial charge on any atom is -0.478 e. The largest absolute Gasteiger partial charge is 0.478 e. The van der Waals surface area contributed by atoms with Crippen molar-refractivity contribution in [1.29, 1.82) is 0 Å². The van der Waals surface area contributed by atoms with Crippen LogP contribution >= 0.6 is 0 Å². The second-order valence-electron chi connectivity index (χ2n) is 4.19. The number of carboxylic acids is 1. The highest BCUT2D eigenvalue weighted by Gasteiger charge is 2.13. The van der Waals surface area contributed by atoms with E-state index in [4.69, 9.17) is 10.8 Å². The van der Waals surface area contributed by atoms with Crippen molar-refractivity contribution in [2.75, 3.05) is 5.73 Å². The predicted octanol–water partition coefficient (Wildman–Crippen LogP) is 2.57. The number of aromatic amines is 1. The van der Waals surface area contributed by atoms with E-state index >= 15 is 0 Å². The van der Waals surface area contributed by atoms with Crippen molar-refractivity contribution in [1.82, 2.24) is 4.98 Å². The average Bonchev–Trinajstić information content (AvgIpc) is 2.61. The van der Waals surface area contributed by atoms with Crippen LogP contribution in [-0.4, -0.2) is 16.1 Å². The number of benzene rings is 1. The van der Waals surface area contributed by atoms with E-state index in [1.165, 1.54) is 6.07 Å². The van der Waals surface area contributed by atoms with Crippen LogP contribution in [0.5, 0.6) is 0 Å². The average molecular weight is 218 g/mol. The molecule has 0 aliphatic carbocycles. The lowest BCUT2D eigenvalue weighted by molar-refractivity contribution is 0.0697. The maximum atomic E-state index is 10.9. The monoisotopic (exact) mass is 218 g/mol. The summed E-state index contributed by atoms with van der Waals surface area (Å²) in [5.74, 6) is -0.623. The first kappa shape index (κ1) is 10.5. The molecule has 0 radical (unpaired) electrons. The number of aromatic carboxylic acids is 1. The Morgan fingerprint density at radius 3 is 2.69 bits per heavy atom. The second kappa shape index (κ2) is 3.56. The molecule has 1 aromatic heterocycles. The number of hydrogen-bond donors (Lipinski definition) is 3. The summed E-state index contributed by atoms with van der Waals surface area (Å²) in [6, 6.07) is 3.14. The minimum absolute atomic E-state index is 0.228. The number of carbonyl (C=O) groups is 1. The van der Waals surface area contributed by atoms with Gasteiger partial charge in [0.15, 0.2) is 0 Å². The van der Waals surface area contributed by atoms with Gasteiger partial charge in [-0.1, -0.05) is 13.8 Å². The maximum Gasteiger partial charge on any atom is 0.335 e. The van der Waals surface area contributed by atoms with Crippen LogP contribution in [0.4, 0.5) is 5.69 Å². The van der Waals surface area contributed by atoms with E-state index in [0.717, 1.165) is 16.5 Å². The molecule has 0 amide bonds. The van der Waals surface area contributed by atoms with E-state index < -0.39 is 5.97 Å². The zero-order valence-electron chi connectivity index (χ0n) is 9.24. The zero-order chi connectivity index (χ0) is 11.9. The lowest BCUT2D eigenvalue weighted by atomic mass is 10.0. The molecule has 4 heteroatoms. The van der Waals surface area contributed by atoms with Crippen LogP contribution in [-0.2, 0) is 0 Å². The molecule has 0 saturated carbocycles. The van der Waals surface area contributed by atoms with Gasteiger partial charge in [0.05, 0.1) is 16.8 Å². The number of fused-ring (bicyclic) bond motifs is 1. The SMILES string of the molecule is CC(C)c1c[nH]c2c(N)cc(C(=O)O)cc12. The van der Waals surface area contributed by atoms with Crippen LogP contribution in [0.2, 0.25) is 0 Å². The van der Waals surface area contributed by atoms with Gasteiger partial charge in [-0.15, -0.1) is 0 Å². The van der Waals surface area contributed by atoms with E-state index in [1.807, 2.05) is 6.20 Å². The minimum atomic E-state index is -0.954. The summed E-state index contributed by atoms with van der Waals surface area (Å²) in [5, 5.41) is 9.87. The molecule has 16 heavy (non-hydrogen) atoms. The molecule has 1 aromatic carbocycles. The molecule has 84 valence electrons. The van der Waals surface area contributed by atoms with Gasteiger partial charge in [0, 0.05) is 11.6 Å². The Balaban J connectivity index is 2.76. The van der Waals surface area contributed by atoms with Gasteiger partial charge < -0.3 is 15.8 Å². The molecule has 0 unspecified atom stereocenters. The number of nitrogens with two attached hydrogens (primary N) is 1. The first-order chi connectivity index (χ1) is 7.50. The van der Waals surface area contributed by atoms with Crippen molar-refractivity contribution in [3.8, 4) is 0 Å². The third kappa shape index (κ3) is 1.52. The van der Waals surface area contributed by atoms with Crippen molar-refractivity contribution in [3.63, 3.8) is 0 Å². The van der Waals surface area contributed by atoms with Crippen molar-refractivity contribution in [2.24, 2.45) is 0 Å². The Hall–Kier alpha value is -1.97. The quantitative estimate of drug-likeness (QED) is 0.678. The zero-order valence-corrected chi connectivity index (χ0v) is 9.24. The third-order valence-electron chi connectivity index (χ3n) is 2.72. The van der Waals surface area contributed by atoms with Gasteiger partial charge in [0.1, 0.15) is 0 Å². The third-order valence-corrected chi connectivity index (χ3v) is 2.72. The topological polar surface area (TPSA) is 79.1 Å². The highest BCUT2D eigenvalue weighted by molar-refractivity contribution is 6.00. The van der Waals surface area contributed by atoms with Crippen molar-refractivity contribution in [3.05, 3.63) is 29.5 Å².